The number of hydrogen-bond donors (Lipinski definition) is 2. The molecule has 3 nitrogen and oxygen atoms in total. The molecule has 0 radical (unpaired) electrons. The number of likely N-dealkylation sites (N-methyl/N-ethyl adjacent to an activating group) is 1. The van der Waals surface area contributed by atoms with Gasteiger partial charge in [0.1, 0.15) is 0 Å². The summed E-state index contributed by atoms with van der Waals surface area (Å²) in [7, 11) is 1.82. The van der Waals surface area contributed by atoms with Gasteiger partial charge in [0.15, 0.2) is 0 Å². The van der Waals surface area contributed by atoms with Gasteiger partial charge in [-0.2, -0.15) is 0 Å². The molecule has 84 valence electrons. The second kappa shape index (κ2) is 4.30. The largest absolute Gasteiger partial charge is 0.350 e. The van der Waals surface area contributed by atoms with Gasteiger partial charge in [0.05, 0.1) is 6.04 Å². The molecule has 0 saturated carbocycles. The van der Waals surface area contributed by atoms with Gasteiger partial charge in [-0.15, -0.1) is 0 Å². The summed E-state index contributed by atoms with van der Waals surface area (Å²) in [6, 6.07) is -0.151. The highest BCUT2D eigenvalue weighted by Gasteiger charge is 2.31. The van der Waals surface area contributed by atoms with E-state index in [1.807, 2.05) is 27.8 Å². The summed E-state index contributed by atoms with van der Waals surface area (Å²) in [6.07, 6.45) is 0. The van der Waals surface area contributed by atoms with Crippen molar-refractivity contribution in [2.75, 3.05) is 7.05 Å². The maximum atomic E-state index is 11.9. The smallest absolute Gasteiger partial charge is 0.238 e. The summed E-state index contributed by atoms with van der Waals surface area (Å²) < 4.78 is 0. The molecule has 0 aromatic carbocycles. The molecule has 0 aromatic heterocycles. The molecule has 0 aliphatic carbocycles. The van der Waals surface area contributed by atoms with Gasteiger partial charge in [0, 0.05) is 5.54 Å². The first kappa shape index (κ1) is 13.4. The number of hydrogen-bond acceptors (Lipinski definition) is 2. The Kier molecular flexibility index (Phi) is 4.13. The molecule has 0 heterocycles. The first-order valence-corrected chi connectivity index (χ1v) is 5.07. The summed E-state index contributed by atoms with van der Waals surface area (Å²) >= 11 is 0. The molecule has 14 heavy (non-hydrogen) atoms. The van der Waals surface area contributed by atoms with Crippen LogP contribution in [0.4, 0.5) is 0 Å². The quantitative estimate of drug-likeness (QED) is 0.710. The zero-order chi connectivity index (χ0) is 11.6. The minimum atomic E-state index is -0.169. The van der Waals surface area contributed by atoms with Crippen LogP contribution in [0.2, 0.25) is 0 Å². The summed E-state index contributed by atoms with van der Waals surface area (Å²) in [5.74, 6) is 0.0625. The standard InChI is InChI=1S/C11H24N2O/c1-10(2,3)8(12-7)9(14)13-11(4,5)6/h8,12H,1-7H3,(H,13,14). The minimum absolute atomic E-state index is 0.0625. The Hall–Kier alpha value is -0.570. The lowest BCUT2D eigenvalue weighted by Gasteiger charge is -2.32. The van der Waals surface area contributed by atoms with E-state index in [1.54, 1.807) is 0 Å². The fourth-order valence-corrected chi connectivity index (χ4v) is 1.40. The van der Waals surface area contributed by atoms with Crippen LogP contribution >= 0.6 is 0 Å². The highest BCUT2D eigenvalue weighted by molar-refractivity contribution is 5.83. The first-order chi connectivity index (χ1) is 6.08. The van der Waals surface area contributed by atoms with Crippen LogP contribution in [-0.4, -0.2) is 24.5 Å². The Labute approximate surface area is 87.6 Å². The van der Waals surface area contributed by atoms with Crippen molar-refractivity contribution in [2.45, 2.75) is 53.1 Å². The van der Waals surface area contributed by atoms with Crippen molar-refractivity contribution in [1.82, 2.24) is 10.6 Å². The van der Waals surface area contributed by atoms with Gasteiger partial charge >= 0.3 is 0 Å². The molecule has 0 rings (SSSR count). The molecule has 0 aliphatic heterocycles. The van der Waals surface area contributed by atoms with Gasteiger partial charge in [-0.3, -0.25) is 4.79 Å². The average molecular weight is 200 g/mol. The highest BCUT2D eigenvalue weighted by atomic mass is 16.2. The molecule has 3 heteroatoms. The van der Waals surface area contributed by atoms with E-state index in [0.29, 0.717) is 0 Å². The molecule has 0 fully saturated rings. The topological polar surface area (TPSA) is 41.1 Å². The van der Waals surface area contributed by atoms with Gasteiger partial charge in [-0.1, -0.05) is 20.8 Å². The Balaban J connectivity index is 4.50. The highest BCUT2D eigenvalue weighted by Crippen LogP contribution is 2.19. The normalized spacial score (nSPS) is 15.1. The van der Waals surface area contributed by atoms with E-state index >= 15 is 0 Å². The van der Waals surface area contributed by atoms with Crippen molar-refractivity contribution in [3.63, 3.8) is 0 Å². The van der Waals surface area contributed by atoms with E-state index in [9.17, 15) is 4.79 Å². The van der Waals surface area contributed by atoms with Crippen molar-refractivity contribution in [2.24, 2.45) is 5.41 Å². The van der Waals surface area contributed by atoms with Crippen LogP contribution in [-0.2, 0) is 4.79 Å². The summed E-state index contributed by atoms with van der Waals surface area (Å²) in [4.78, 5) is 11.9. The van der Waals surface area contributed by atoms with E-state index in [4.69, 9.17) is 0 Å². The van der Waals surface area contributed by atoms with E-state index < -0.39 is 0 Å². The fraction of sp³-hybridized carbons (Fsp3) is 0.909. The molecule has 0 aromatic rings. The van der Waals surface area contributed by atoms with Gasteiger partial charge in [0.2, 0.25) is 5.91 Å². The van der Waals surface area contributed by atoms with Gasteiger partial charge in [-0.05, 0) is 33.2 Å². The summed E-state index contributed by atoms with van der Waals surface area (Å²) in [5, 5.41) is 6.03. The summed E-state index contributed by atoms with van der Waals surface area (Å²) in [6.45, 7) is 12.1. The maximum absolute atomic E-state index is 11.9. The number of amides is 1. The van der Waals surface area contributed by atoms with Crippen LogP contribution in [0.25, 0.3) is 0 Å². The number of nitrogens with one attached hydrogen (secondary N) is 2. The van der Waals surface area contributed by atoms with Crippen molar-refractivity contribution in [1.29, 1.82) is 0 Å². The van der Waals surface area contributed by atoms with E-state index in [2.05, 4.69) is 31.4 Å². The lowest BCUT2D eigenvalue weighted by molar-refractivity contribution is -0.126. The van der Waals surface area contributed by atoms with Crippen LogP contribution in [0, 0.1) is 5.41 Å². The number of rotatable bonds is 2. The van der Waals surface area contributed by atoms with Crippen LogP contribution < -0.4 is 10.6 Å². The average Bonchev–Trinajstić information content (AvgIpc) is 1.79. The van der Waals surface area contributed by atoms with Crippen molar-refractivity contribution >= 4 is 5.91 Å². The second-order valence-corrected chi connectivity index (χ2v) is 5.83. The fourth-order valence-electron chi connectivity index (χ4n) is 1.40. The Morgan fingerprint density at radius 2 is 1.50 bits per heavy atom. The van der Waals surface area contributed by atoms with Crippen molar-refractivity contribution in [3.8, 4) is 0 Å². The monoisotopic (exact) mass is 200 g/mol. The van der Waals surface area contributed by atoms with E-state index in [-0.39, 0.29) is 22.9 Å². The van der Waals surface area contributed by atoms with Gasteiger partial charge in [0.25, 0.3) is 0 Å². The molecule has 0 spiro atoms. The second-order valence-electron chi connectivity index (χ2n) is 5.83. The maximum Gasteiger partial charge on any atom is 0.238 e. The lowest BCUT2D eigenvalue weighted by Crippen LogP contribution is -2.54. The third-order valence-corrected chi connectivity index (χ3v) is 1.92. The zero-order valence-corrected chi connectivity index (χ0v) is 10.5. The molecular weight excluding hydrogens is 176 g/mol. The lowest BCUT2D eigenvalue weighted by atomic mass is 9.86. The third kappa shape index (κ3) is 4.61. The predicted octanol–water partition coefficient (Wildman–Crippen LogP) is 1.54. The van der Waals surface area contributed by atoms with Crippen molar-refractivity contribution in [3.05, 3.63) is 0 Å². The third-order valence-electron chi connectivity index (χ3n) is 1.92. The zero-order valence-electron chi connectivity index (χ0n) is 10.5. The van der Waals surface area contributed by atoms with Crippen LogP contribution in [0.1, 0.15) is 41.5 Å². The Morgan fingerprint density at radius 3 is 1.71 bits per heavy atom. The van der Waals surface area contributed by atoms with Crippen LogP contribution in [0.15, 0.2) is 0 Å². The minimum Gasteiger partial charge on any atom is -0.350 e. The van der Waals surface area contributed by atoms with Gasteiger partial charge in [-0.25, -0.2) is 0 Å². The molecule has 1 atom stereocenters. The number of carbonyl (C=O) groups excluding carboxylic acids is 1. The molecule has 1 amide bonds. The first-order valence-electron chi connectivity index (χ1n) is 5.07. The van der Waals surface area contributed by atoms with Crippen LogP contribution in [0.3, 0.4) is 0 Å². The van der Waals surface area contributed by atoms with E-state index in [0.717, 1.165) is 0 Å². The van der Waals surface area contributed by atoms with Crippen molar-refractivity contribution < 1.29 is 4.79 Å². The molecule has 0 bridgehead atoms. The molecule has 2 N–H and O–H groups in total. The molecule has 1 unspecified atom stereocenters. The SMILES string of the molecule is CNC(C(=O)NC(C)(C)C)C(C)(C)C. The number of carbonyl (C=O) groups is 1. The molecule has 0 aliphatic rings. The Bertz CT molecular complexity index is 198. The summed E-state index contributed by atoms with van der Waals surface area (Å²) in [5.41, 5.74) is -0.235. The molecule has 0 saturated heterocycles. The Morgan fingerprint density at radius 1 is 1.07 bits per heavy atom. The molecular formula is C11H24N2O. The van der Waals surface area contributed by atoms with Crippen LogP contribution in [0.5, 0.6) is 0 Å². The predicted molar refractivity (Wildman–Crippen MR) is 60.2 cm³/mol. The van der Waals surface area contributed by atoms with Gasteiger partial charge < -0.3 is 10.6 Å². The van der Waals surface area contributed by atoms with E-state index in [1.165, 1.54) is 0 Å².